The molecule has 0 amide bonds. The monoisotopic (exact) mass is 295 g/mol. The van der Waals surface area contributed by atoms with Crippen LogP contribution in [0.3, 0.4) is 0 Å². The number of aryl methyl sites for hydroxylation is 1. The lowest BCUT2D eigenvalue weighted by Gasteiger charge is -2.29. The van der Waals surface area contributed by atoms with Crippen molar-refractivity contribution < 1.29 is 14.2 Å². The predicted octanol–water partition coefficient (Wildman–Crippen LogP) is 3.19. The minimum absolute atomic E-state index is 0.168. The summed E-state index contributed by atoms with van der Waals surface area (Å²) in [5.41, 5.74) is 0.433. The summed E-state index contributed by atoms with van der Waals surface area (Å²) in [7, 11) is 0. The lowest BCUT2D eigenvalue weighted by Crippen LogP contribution is -2.46. The number of halogens is 1. The Labute approximate surface area is 126 Å². The molecule has 1 atom stereocenters. The second-order valence-electron chi connectivity index (χ2n) is 6.35. The molecule has 0 heterocycles. The fourth-order valence-corrected chi connectivity index (χ4v) is 2.43. The molecule has 2 N–H and O–H groups in total. The normalized spacial score (nSPS) is 17.5. The first-order chi connectivity index (χ1) is 10.0. The van der Waals surface area contributed by atoms with Crippen LogP contribution in [0.2, 0.25) is 0 Å². The summed E-state index contributed by atoms with van der Waals surface area (Å²) in [5, 5.41) is 13.0. The Bertz CT molecular complexity index is 462. The van der Waals surface area contributed by atoms with Crippen LogP contribution in [0.5, 0.6) is 5.75 Å². The first kappa shape index (κ1) is 16.2. The molecule has 1 unspecified atom stereocenters. The number of aliphatic hydroxyl groups excluding tert-OH is 1. The zero-order valence-electron chi connectivity index (χ0n) is 13.0. The Kier molecular flexibility index (Phi) is 5.59. The Morgan fingerprint density at radius 2 is 2.14 bits per heavy atom. The highest BCUT2D eigenvalue weighted by Crippen LogP contribution is 2.25. The van der Waals surface area contributed by atoms with E-state index in [2.05, 4.69) is 12.2 Å². The highest BCUT2D eigenvalue weighted by Gasteiger charge is 2.31. The quantitative estimate of drug-likeness (QED) is 0.688. The third kappa shape index (κ3) is 5.29. The fourth-order valence-electron chi connectivity index (χ4n) is 2.43. The van der Waals surface area contributed by atoms with Gasteiger partial charge in [0.05, 0.1) is 13.2 Å². The van der Waals surface area contributed by atoms with Crippen molar-refractivity contribution in [2.24, 2.45) is 0 Å². The van der Waals surface area contributed by atoms with Gasteiger partial charge in [0.25, 0.3) is 0 Å². The van der Waals surface area contributed by atoms with Crippen LogP contribution in [-0.4, -0.2) is 29.9 Å². The molecule has 1 aliphatic rings. The molecule has 0 spiro atoms. The lowest BCUT2D eigenvalue weighted by molar-refractivity contribution is 0.158. The van der Waals surface area contributed by atoms with Gasteiger partial charge in [0.15, 0.2) is 0 Å². The van der Waals surface area contributed by atoms with E-state index in [0.29, 0.717) is 18.2 Å². The highest BCUT2D eigenvalue weighted by molar-refractivity contribution is 5.28. The van der Waals surface area contributed by atoms with Gasteiger partial charge in [0.2, 0.25) is 0 Å². The number of rotatable bonds is 9. The topological polar surface area (TPSA) is 41.5 Å². The van der Waals surface area contributed by atoms with E-state index in [4.69, 9.17) is 4.74 Å². The number of unbranched alkanes of at least 4 members (excludes halogenated alkanes) is 1. The molecule has 1 fully saturated rings. The summed E-state index contributed by atoms with van der Waals surface area (Å²) < 4.78 is 18.8. The second kappa shape index (κ2) is 7.23. The molecule has 0 radical (unpaired) electrons. The maximum atomic E-state index is 13.1. The standard InChI is InChI=1S/C17H26FNO2/c1-13-11-15(7-8-16(13)18)21-10-4-3-9-17(2,12-20)19-14-5-6-14/h7-8,11,14,19-20H,3-6,9-10,12H2,1-2H3. The molecule has 4 heteroatoms. The van der Waals surface area contributed by atoms with Gasteiger partial charge in [-0.2, -0.15) is 0 Å². The molecule has 1 aliphatic carbocycles. The van der Waals surface area contributed by atoms with E-state index in [1.165, 1.54) is 18.9 Å². The minimum atomic E-state index is -0.202. The van der Waals surface area contributed by atoms with Gasteiger partial charge in [-0.1, -0.05) is 0 Å². The Morgan fingerprint density at radius 3 is 2.76 bits per heavy atom. The van der Waals surface area contributed by atoms with Crippen molar-refractivity contribution in [3.8, 4) is 5.75 Å². The van der Waals surface area contributed by atoms with Crippen LogP contribution in [-0.2, 0) is 0 Å². The third-order valence-corrected chi connectivity index (χ3v) is 4.00. The van der Waals surface area contributed by atoms with E-state index in [-0.39, 0.29) is 18.0 Å². The summed E-state index contributed by atoms with van der Waals surface area (Å²) in [6, 6.07) is 5.42. The van der Waals surface area contributed by atoms with E-state index in [9.17, 15) is 9.50 Å². The minimum Gasteiger partial charge on any atom is -0.494 e. The number of ether oxygens (including phenoxy) is 1. The highest BCUT2D eigenvalue weighted by atomic mass is 19.1. The number of hydrogen-bond donors (Lipinski definition) is 2. The van der Waals surface area contributed by atoms with Gasteiger partial charge in [-0.3, -0.25) is 0 Å². The summed E-state index contributed by atoms with van der Waals surface area (Å²) in [6.45, 7) is 4.60. The average molecular weight is 295 g/mol. The van der Waals surface area contributed by atoms with Crippen LogP contribution in [0.1, 0.15) is 44.6 Å². The Hall–Kier alpha value is -1.13. The average Bonchev–Trinajstić information content (AvgIpc) is 3.26. The fraction of sp³-hybridized carbons (Fsp3) is 0.647. The van der Waals surface area contributed by atoms with E-state index >= 15 is 0 Å². The molecule has 1 saturated carbocycles. The molecule has 21 heavy (non-hydrogen) atoms. The van der Waals surface area contributed by atoms with Crippen molar-refractivity contribution in [3.05, 3.63) is 29.6 Å². The van der Waals surface area contributed by atoms with Gasteiger partial charge in [0, 0.05) is 11.6 Å². The number of hydrogen-bond acceptors (Lipinski definition) is 3. The molecular weight excluding hydrogens is 269 g/mol. The molecule has 1 aromatic carbocycles. The van der Waals surface area contributed by atoms with Crippen molar-refractivity contribution in [2.75, 3.05) is 13.2 Å². The zero-order chi connectivity index (χ0) is 15.3. The third-order valence-electron chi connectivity index (χ3n) is 4.00. The first-order valence-corrected chi connectivity index (χ1v) is 7.80. The summed E-state index contributed by atoms with van der Waals surface area (Å²) in [5.74, 6) is 0.516. The predicted molar refractivity (Wildman–Crippen MR) is 82.1 cm³/mol. The van der Waals surface area contributed by atoms with Crippen molar-refractivity contribution in [3.63, 3.8) is 0 Å². The van der Waals surface area contributed by atoms with Gasteiger partial charge in [-0.05, 0) is 69.7 Å². The van der Waals surface area contributed by atoms with Gasteiger partial charge in [0.1, 0.15) is 11.6 Å². The first-order valence-electron chi connectivity index (χ1n) is 7.80. The van der Waals surface area contributed by atoms with Crippen molar-refractivity contribution in [1.82, 2.24) is 5.32 Å². The van der Waals surface area contributed by atoms with Gasteiger partial charge >= 0.3 is 0 Å². The Morgan fingerprint density at radius 1 is 1.38 bits per heavy atom. The van der Waals surface area contributed by atoms with Crippen LogP contribution < -0.4 is 10.1 Å². The van der Waals surface area contributed by atoms with Crippen LogP contribution in [0.25, 0.3) is 0 Å². The van der Waals surface area contributed by atoms with Crippen LogP contribution >= 0.6 is 0 Å². The second-order valence-corrected chi connectivity index (χ2v) is 6.35. The number of nitrogens with one attached hydrogen (secondary N) is 1. The summed E-state index contributed by atoms with van der Waals surface area (Å²) in [4.78, 5) is 0. The maximum Gasteiger partial charge on any atom is 0.126 e. The largest absolute Gasteiger partial charge is 0.494 e. The Balaban J connectivity index is 1.65. The molecule has 0 aromatic heterocycles. The zero-order valence-corrected chi connectivity index (χ0v) is 13.0. The molecule has 1 aromatic rings. The molecular formula is C17H26FNO2. The molecule has 118 valence electrons. The van der Waals surface area contributed by atoms with E-state index < -0.39 is 0 Å². The molecule has 3 nitrogen and oxygen atoms in total. The molecule has 0 saturated heterocycles. The van der Waals surface area contributed by atoms with Crippen molar-refractivity contribution in [2.45, 2.75) is 57.5 Å². The van der Waals surface area contributed by atoms with Crippen molar-refractivity contribution in [1.29, 1.82) is 0 Å². The van der Waals surface area contributed by atoms with Crippen LogP contribution in [0.4, 0.5) is 4.39 Å². The number of aliphatic hydroxyl groups is 1. The summed E-state index contributed by atoms with van der Waals surface area (Å²) >= 11 is 0. The summed E-state index contributed by atoms with van der Waals surface area (Å²) in [6.07, 6.45) is 5.31. The van der Waals surface area contributed by atoms with E-state index in [1.54, 1.807) is 19.1 Å². The maximum absolute atomic E-state index is 13.1. The molecule has 0 aliphatic heterocycles. The van der Waals surface area contributed by atoms with E-state index in [1.807, 2.05) is 0 Å². The molecule has 2 rings (SSSR count). The van der Waals surface area contributed by atoms with Gasteiger partial charge < -0.3 is 15.2 Å². The van der Waals surface area contributed by atoms with Gasteiger partial charge in [-0.25, -0.2) is 4.39 Å². The van der Waals surface area contributed by atoms with Crippen molar-refractivity contribution >= 4 is 0 Å². The lowest BCUT2D eigenvalue weighted by atomic mass is 9.95. The van der Waals surface area contributed by atoms with E-state index in [0.717, 1.165) is 25.0 Å². The SMILES string of the molecule is Cc1cc(OCCCCC(C)(CO)NC2CC2)ccc1F. The number of benzene rings is 1. The smallest absolute Gasteiger partial charge is 0.126 e. The van der Waals surface area contributed by atoms with Gasteiger partial charge in [-0.15, -0.1) is 0 Å². The molecule has 0 bridgehead atoms. The van der Waals surface area contributed by atoms with Crippen LogP contribution in [0.15, 0.2) is 18.2 Å². The van der Waals surface area contributed by atoms with Crippen LogP contribution in [0, 0.1) is 12.7 Å².